The summed E-state index contributed by atoms with van der Waals surface area (Å²) < 4.78 is 0. The topological polar surface area (TPSA) is 107 Å². The summed E-state index contributed by atoms with van der Waals surface area (Å²) in [5.74, 6) is -1.82. The maximum absolute atomic E-state index is 12.2. The molecule has 23 heavy (non-hydrogen) atoms. The molecule has 1 unspecified atom stereocenters. The molecule has 0 saturated carbocycles. The van der Waals surface area contributed by atoms with Gasteiger partial charge >= 0.3 is 17.8 Å². The van der Waals surface area contributed by atoms with E-state index in [4.69, 9.17) is 5.11 Å². The number of aldehydes is 1. The third kappa shape index (κ3) is 3.72. The van der Waals surface area contributed by atoms with Gasteiger partial charge in [0.05, 0.1) is 6.61 Å². The Morgan fingerprint density at radius 2 is 1.91 bits per heavy atom. The summed E-state index contributed by atoms with van der Waals surface area (Å²) in [6, 6.07) is 6.86. The van der Waals surface area contributed by atoms with E-state index in [1.165, 1.54) is 4.90 Å². The minimum Gasteiger partial charge on any atom is -0.395 e. The highest BCUT2D eigenvalue weighted by atomic mass is 16.3. The fourth-order valence-electron chi connectivity index (χ4n) is 2.27. The number of hydrogen-bond donors (Lipinski definition) is 2. The van der Waals surface area contributed by atoms with Crippen molar-refractivity contribution in [2.45, 2.75) is 6.04 Å². The lowest BCUT2D eigenvalue weighted by molar-refractivity contribution is -0.154. The second-order valence-corrected chi connectivity index (χ2v) is 4.95. The van der Waals surface area contributed by atoms with Crippen molar-refractivity contribution in [2.24, 2.45) is 0 Å². The van der Waals surface area contributed by atoms with Crippen molar-refractivity contribution in [3.8, 4) is 0 Å². The standard InChI is InChI=1S/C15H17N3O5/c19-9-8-17-6-7-18(14(22)13(17)21)15(23)16-12(10-20)11-4-2-1-3-5-11/h1-5,10,12,19H,6-9H2,(H,16,23). The second kappa shape index (κ2) is 7.50. The zero-order valence-corrected chi connectivity index (χ0v) is 12.3. The van der Waals surface area contributed by atoms with E-state index >= 15 is 0 Å². The van der Waals surface area contributed by atoms with Crippen molar-refractivity contribution in [3.05, 3.63) is 35.9 Å². The molecular weight excluding hydrogens is 302 g/mol. The van der Waals surface area contributed by atoms with E-state index in [0.29, 0.717) is 11.8 Å². The molecule has 2 rings (SSSR count). The Balaban J connectivity index is 2.04. The Hall–Kier alpha value is -2.74. The predicted octanol–water partition coefficient (Wildman–Crippen LogP) is -0.701. The van der Waals surface area contributed by atoms with Crippen LogP contribution in [0, 0.1) is 0 Å². The highest BCUT2D eigenvalue weighted by Crippen LogP contribution is 2.12. The lowest BCUT2D eigenvalue weighted by atomic mass is 10.1. The number of aliphatic hydroxyl groups is 1. The number of piperazine rings is 1. The number of rotatable bonds is 5. The summed E-state index contributed by atoms with van der Waals surface area (Å²) in [6.07, 6.45) is 0.557. The summed E-state index contributed by atoms with van der Waals surface area (Å²) in [4.78, 5) is 49.1. The Morgan fingerprint density at radius 1 is 1.22 bits per heavy atom. The van der Waals surface area contributed by atoms with Crippen LogP contribution >= 0.6 is 0 Å². The first kappa shape index (κ1) is 16.6. The maximum atomic E-state index is 12.2. The molecule has 0 aromatic heterocycles. The normalized spacial score (nSPS) is 16.2. The SMILES string of the molecule is O=CC(NC(=O)N1CCN(CCO)C(=O)C1=O)c1ccccc1. The zero-order valence-electron chi connectivity index (χ0n) is 12.3. The van der Waals surface area contributed by atoms with Crippen LogP contribution in [-0.4, -0.2) is 65.3 Å². The van der Waals surface area contributed by atoms with Gasteiger partial charge in [0, 0.05) is 19.6 Å². The van der Waals surface area contributed by atoms with Crippen LogP contribution in [0.3, 0.4) is 0 Å². The van der Waals surface area contributed by atoms with Crippen molar-refractivity contribution >= 4 is 24.1 Å². The minimum absolute atomic E-state index is 0.0107. The van der Waals surface area contributed by atoms with Crippen LogP contribution in [0.15, 0.2) is 30.3 Å². The summed E-state index contributed by atoms with van der Waals surface area (Å²) in [5.41, 5.74) is 0.577. The molecule has 1 aromatic rings. The Labute approximate surface area is 132 Å². The third-order valence-corrected chi connectivity index (χ3v) is 3.50. The quantitative estimate of drug-likeness (QED) is 0.551. The molecule has 0 spiro atoms. The van der Waals surface area contributed by atoms with E-state index in [2.05, 4.69) is 5.32 Å². The van der Waals surface area contributed by atoms with Gasteiger partial charge in [0.25, 0.3) is 0 Å². The molecule has 1 aliphatic rings. The van der Waals surface area contributed by atoms with Crippen molar-refractivity contribution in [1.82, 2.24) is 15.1 Å². The molecule has 0 radical (unpaired) electrons. The van der Waals surface area contributed by atoms with Gasteiger partial charge in [-0.1, -0.05) is 30.3 Å². The van der Waals surface area contributed by atoms with Gasteiger partial charge in [-0.15, -0.1) is 0 Å². The van der Waals surface area contributed by atoms with Gasteiger partial charge in [-0.3, -0.25) is 14.5 Å². The Kier molecular flexibility index (Phi) is 5.42. The lowest BCUT2D eigenvalue weighted by Crippen LogP contribution is -2.59. The first-order valence-corrected chi connectivity index (χ1v) is 7.11. The summed E-state index contributed by atoms with van der Waals surface area (Å²) in [7, 11) is 0. The first-order chi connectivity index (χ1) is 11.1. The van der Waals surface area contributed by atoms with E-state index in [1.807, 2.05) is 0 Å². The van der Waals surface area contributed by atoms with Gasteiger partial charge in [0.15, 0.2) is 0 Å². The van der Waals surface area contributed by atoms with E-state index in [1.54, 1.807) is 30.3 Å². The van der Waals surface area contributed by atoms with Gasteiger partial charge in [-0.2, -0.15) is 0 Å². The number of carbonyl (C=O) groups is 4. The highest BCUT2D eigenvalue weighted by Gasteiger charge is 2.36. The van der Waals surface area contributed by atoms with E-state index in [-0.39, 0.29) is 26.2 Å². The van der Waals surface area contributed by atoms with E-state index in [0.717, 1.165) is 4.90 Å². The molecular formula is C15H17N3O5. The fraction of sp³-hybridized carbons (Fsp3) is 0.333. The number of benzene rings is 1. The summed E-state index contributed by atoms with van der Waals surface area (Å²) >= 11 is 0. The number of urea groups is 1. The smallest absolute Gasteiger partial charge is 0.325 e. The van der Waals surface area contributed by atoms with Crippen LogP contribution < -0.4 is 5.32 Å². The lowest BCUT2D eigenvalue weighted by Gasteiger charge is -2.32. The number of β-amino-alcohol motifs (C(OH)–C–C–N with tert-alkyl or cyclic N) is 1. The zero-order chi connectivity index (χ0) is 16.8. The predicted molar refractivity (Wildman–Crippen MR) is 79.2 cm³/mol. The van der Waals surface area contributed by atoms with Crippen LogP contribution in [0.2, 0.25) is 0 Å². The molecule has 4 amide bonds. The molecule has 1 saturated heterocycles. The maximum Gasteiger partial charge on any atom is 0.325 e. The number of amides is 4. The average Bonchev–Trinajstić information content (AvgIpc) is 2.57. The molecule has 1 fully saturated rings. The molecule has 0 bridgehead atoms. The van der Waals surface area contributed by atoms with Crippen LogP contribution in [0.25, 0.3) is 0 Å². The second-order valence-electron chi connectivity index (χ2n) is 4.95. The monoisotopic (exact) mass is 319 g/mol. The fourth-order valence-corrected chi connectivity index (χ4v) is 2.27. The highest BCUT2D eigenvalue weighted by molar-refractivity contribution is 6.38. The molecule has 1 aliphatic heterocycles. The first-order valence-electron chi connectivity index (χ1n) is 7.11. The molecule has 2 N–H and O–H groups in total. The molecule has 1 aromatic carbocycles. The van der Waals surface area contributed by atoms with Crippen molar-refractivity contribution in [3.63, 3.8) is 0 Å². The van der Waals surface area contributed by atoms with Crippen molar-refractivity contribution in [2.75, 3.05) is 26.2 Å². The van der Waals surface area contributed by atoms with Gasteiger partial charge in [-0.25, -0.2) is 4.79 Å². The molecule has 0 aliphatic carbocycles. The molecule has 8 heteroatoms. The number of nitrogens with zero attached hydrogens (tertiary/aromatic N) is 2. The van der Waals surface area contributed by atoms with Crippen LogP contribution in [0.1, 0.15) is 11.6 Å². The van der Waals surface area contributed by atoms with Crippen molar-refractivity contribution in [1.29, 1.82) is 0 Å². The molecule has 8 nitrogen and oxygen atoms in total. The van der Waals surface area contributed by atoms with Gasteiger partial charge < -0.3 is 20.1 Å². The van der Waals surface area contributed by atoms with Crippen LogP contribution in [-0.2, 0) is 14.4 Å². The number of hydrogen-bond acceptors (Lipinski definition) is 5. The molecule has 1 heterocycles. The van der Waals surface area contributed by atoms with Gasteiger partial charge in [-0.05, 0) is 5.56 Å². The number of nitrogens with one attached hydrogen (secondary N) is 1. The van der Waals surface area contributed by atoms with Gasteiger partial charge in [0.2, 0.25) is 0 Å². The average molecular weight is 319 g/mol. The number of imide groups is 1. The summed E-state index contributed by atoms with van der Waals surface area (Å²) in [6.45, 7) is -0.0557. The Morgan fingerprint density at radius 3 is 2.52 bits per heavy atom. The third-order valence-electron chi connectivity index (χ3n) is 3.50. The summed E-state index contributed by atoms with van der Waals surface area (Å²) in [5, 5.41) is 11.3. The van der Waals surface area contributed by atoms with Crippen molar-refractivity contribution < 1.29 is 24.3 Å². The van der Waals surface area contributed by atoms with Crippen LogP contribution in [0.4, 0.5) is 4.79 Å². The van der Waals surface area contributed by atoms with Crippen LogP contribution in [0.5, 0.6) is 0 Å². The number of aliphatic hydroxyl groups excluding tert-OH is 1. The van der Waals surface area contributed by atoms with Gasteiger partial charge in [0.1, 0.15) is 12.3 Å². The van der Waals surface area contributed by atoms with E-state index in [9.17, 15) is 19.2 Å². The largest absolute Gasteiger partial charge is 0.395 e. The Bertz CT molecular complexity index is 604. The minimum atomic E-state index is -0.972. The molecule has 1 atom stereocenters. The van der Waals surface area contributed by atoms with E-state index < -0.39 is 23.9 Å². The molecule has 122 valence electrons. The number of carbonyl (C=O) groups excluding carboxylic acids is 4.